The van der Waals surface area contributed by atoms with E-state index in [9.17, 15) is 22.8 Å². The number of nitrogens with zero attached hydrogens (tertiary/aromatic N) is 2. The highest BCUT2D eigenvalue weighted by molar-refractivity contribution is 7.89. The number of aromatic nitrogens is 1. The number of hydrogen-bond acceptors (Lipinski definition) is 6. The number of carbonyl (C=O) groups excluding carboxylic acids is 3. The van der Waals surface area contributed by atoms with Crippen LogP contribution in [0.4, 0.5) is 5.69 Å². The predicted molar refractivity (Wildman–Crippen MR) is 126 cm³/mol. The first-order valence-corrected chi connectivity index (χ1v) is 12.5. The molecular formula is C23H29N5O5S. The largest absolute Gasteiger partial charge is 0.355 e. The first-order valence-electron chi connectivity index (χ1n) is 11.1. The van der Waals surface area contributed by atoms with Crippen molar-refractivity contribution in [3.05, 3.63) is 54.4 Å². The number of amides is 3. The lowest BCUT2D eigenvalue weighted by Crippen LogP contribution is -2.43. The monoisotopic (exact) mass is 487 g/mol. The summed E-state index contributed by atoms with van der Waals surface area (Å²) in [6, 6.07) is 9.66. The quantitative estimate of drug-likeness (QED) is 0.487. The number of piperidine rings is 1. The van der Waals surface area contributed by atoms with Gasteiger partial charge in [0.2, 0.25) is 27.7 Å². The Hall–Kier alpha value is -3.31. The Labute approximate surface area is 199 Å². The molecule has 2 aromatic rings. The van der Waals surface area contributed by atoms with Crippen molar-refractivity contribution in [2.75, 3.05) is 25.0 Å². The van der Waals surface area contributed by atoms with Crippen LogP contribution >= 0.6 is 0 Å². The average Bonchev–Trinajstić information content (AvgIpc) is 2.83. The Kier molecular flexibility index (Phi) is 8.72. The van der Waals surface area contributed by atoms with Crippen LogP contribution in [-0.2, 0) is 31.0 Å². The molecule has 34 heavy (non-hydrogen) atoms. The van der Waals surface area contributed by atoms with Gasteiger partial charge in [-0.1, -0.05) is 6.07 Å². The van der Waals surface area contributed by atoms with Gasteiger partial charge in [-0.05, 0) is 48.7 Å². The first kappa shape index (κ1) is 25.3. The summed E-state index contributed by atoms with van der Waals surface area (Å²) < 4.78 is 27.2. The predicted octanol–water partition coefficient (Wildman–Crippen LogP) is 1.26. The molecule has 0 unspecified atom stereocenters. The van der Waals surface area contributed by atoms with Gasteiger partial charge in [-0.3, -0.25) is 19.4 Å². The average molecular weight is 488 g/mol. The lowest BCUT2D eigenvalue weighted by Gasteiger charge is -2.30. The zero-order valence-electron chi connectivity index (χ0n) is 19.0. The van der Waals surface area contributed by atoms with E-state index in [0.29, 0.717) is 25.1 Å². The highest BCUT2D eigenvalue weighted by Crippen LogP contribution is 2.25. The van der Waals surface area contributed by atoms with E-state index in [1.807, 2.05) is 6.07 Å². The lowest BCUT2D eigenvalue weighted by molar-refractivity contribution is -0.126. The molecule has 0 bridgehead atoms. The van der Waals surface area contributed by atoms with Crippen LogP contribution in [0.1, 0.15) is 31.7 Å². The summed E-state index contributed by atoms with van der Waals surface area (Å²) in [4.78, 5) is 39.7. The smallest absolute Gasteiger partial charge is 0.243 e. The Balaban J connectivity index is 1.40. The van der Waals surface area contributed by atoms with Crippen molar-refractivity contribution in [2.45, 2.75) is 37.6 Å². The molecular weight excluding hydrogens is 458 g/mol. The van der Waals surface area contributed by atoms with Crippen LogP contribution in [0, 0.1) is 5.92 Å². The SMILES string of the molecule is CC(=O)Nc1ccc(S(=O)(=O)N2CCC(C(=O)NCCC(=O)NCc3cccnc3)CC2)cc1. The molecule has 0 spiro atoms. The van der Waals surface area contributed by atoms with Gasteiger partial charge >= 0.3 is 0 Å². The summed E-state index contributed by atoms with van der Waals surface area (Å²) in [6.45, 7) is 2.45. The molecule has 0 saturated carbocycles. The molecule has 2 heterocycles. The second-order valence-electron chi connectivity index (χ2n) is 8.06. The van der Waals surface area contributed by atoms with E-state index in [1.54, 1.807) is 30.6 Å². The molecule has 3 rings (SSSR count). The van der Waals surface area contributed by atoms with Gasteiger partial charge in [-0.2, -0.15) is 4.31 Å². The topological polar surface area (TPSA) is 138 Å². The second kappa shape index (κ2) is 11.7. The van der Waals surface area contributed by atoms with Gasteiger partial charge in [0.1, 0.15) is 0 Å². The molecule has 10 nitrogen and oxygen atoms in total. The van der Waals surface area contributed by atoms with Crippen LogP contribution in [-0.4, -0.2) is 55.1 Å². The molecule has 1 saturated heterocycles. The Morgan fingerprint density at radius 2 is 1.76 bits per heavy atom. The highest BCUT2D eigenvalue weighted by atomic mass is 32.2. The Morgan fingerprint density at radius 1 is 1.06 bits per heavy atom. The number of hydrogen-bond donors (Lipinski definition) is 3. The van der Waals surface area contributed by atoms with Gasteiger partial charge in [0.05, 0.1) is 4.90 Å². The Bertz CT molecular complexity index is 1100. The fourth-order valence-electron chi connectivity index (χ4n) is 3.66. The second-order valence-corrected chi connectivity index (χ2v) is 10.0. The summed E-state index contributed by atoms with van der Waals surface area (Å²) in [5.41, 5.74) is 1.41. The van der Waals surface area contributed by atoms with Crippen LogP contribution < -0.4 is 16.0 Å². The zero-order chi connectivity index (χ0) is 24.6. The van der Waals surface area contributed by atoms with Crippen molar-refractivity contribution in [3.63, 3.8) is 0 Å². The van der Waals surface area contributed by atoms with Gasteiger partial charge in [-0.15, -0.1) is 0 Å². The third-order valence-electron chi connectivity index (χ3n) is 5.50. The van der Waals surface area contributed by atoms with Gasteiger partial charge < -0.3 is 16.0 Å². The molecule has 1 aromatic heterocycles. The number of anilines is 1. The standard InChI is InChI=1S/C23H29N5O5S/c1-17(29)27-20-4-6-21(7-5-20)34(32,33)28-13-9-19(10-14-28)23(31)25-12-8-22(30)26-16-18-3-2-11-24-15-18/h2-7,11,15,19H,8-10,12-14,16H2,1H3,(H,25,31)(H,26,30)(H,27,29). The molecule has 0 radical (unpaired) electrons. The number of pyridine rings is 1. The Morgan fingerprint density at radius 3 is 2.38 bits per heavy atom. The molecule has 1 fully saturated rings. The van der Waals surface area contributed by atoms with Crippen LogP contribution in [0.3, 0.4) is 0 Å². The van der Waals surface area contributed by atoms with Crippen molar-refractivity contribution in [2.24, 2.45) is 5.92 Å². The van der Waals surface area contributed by atoms with Crippen LogP contribution in [0.15, 0.2) is 53.7 Å². The number of sulfonamides is 1. The van der Waals surface area contributed by atoms with E-state index in [0.717, 1.165) is 5.56 Å². The third-order valence-corrected chi connectivity index (χ3v) is 7.41. The fourth-order valence-corrected chi connectivity index (χ4v) is 5.13. The van der Waals surface area contributed by atoms with Crippen LogP contribution in [0.5, 0.6) is 0 Å². The zero-order valence-corrected chi connectivity index (χ0v) is 19.8. The molecule has 1 aliphatic rings. The number of nitrogens with one attached hydrogen (secondary N) is 3. The van der Waals surface area contributed by atoms with E-state index in [4.69, 9.17) is 0 Å². The van der Waals surface area contributed by atoms with Crippen molar-refractivity contribution < 1.29 is 22.8 Å². The highest BCUT2D eigenvalue weighted by Gasteiger charge is 2.32. The van der Waals surface area contributed by atoms with Gasteiger partial charge in [-0.25, -0.2) is 8.42 Å². The molecule has 0 aliphatic carbocycles. The van der Waals surface area contributed by atoms with Gasteiger partial charge in [0.25, 0.3) is 0 Å². The van der Waals surface area contributed by atoms with E-state index in [1.165, 1.54) is 23.4 Å². The van der Waals surface area contributed by atoms with Crippen LogP contribution in [0.2, 0.25) is 0 Å². The maximum atomic E-state index is 12.9. The molecule has 3 amide bonds. The van der Waals surface area contributed by atoms with Crippen molar-refractivity contribution in [3.8, 4) is 0 Å². The summed E-state index contributed by atoms with van der Waals surface area (Å²) in [6.07, 6.45) is 4.31. The third kappa shape index (κ3) is 7.09. The van der Waals surface area contributed by atoms with Crippen LogP contribution in [0.25, 0.3) is 0 Å². The summed E-state index contributed by atoms with van der Waals surface area (Å²) in [7, 11) is -3.68. The molecule has 3 N–H and O–H groups in total. The fraction of sp³-hybridized carbons (Fsp3) is 0.391. The van der Waals surface area contributed by atoms with Gasteiger partial charge in [0, 0.05) is 63.5 Å². The minimum atomic E-state index is -3.68. The van der Waals surface area contributed by atoms with E-state index in [2.05, 4.69) is 20.9 Å². The van der Waals surface area contributed by atoms with E-state index < -0.39 is 10.0 Å². The van der Waals surface area contributed by atoms with Crippen molar-refractivity contribution >= 4 is 33.4 Å². The minimum Gasteiger partial charge on any atom is -0.355 e. The maximum Gasteiger partial charge on any atom is 0.243 e. The summed E-state index contributed by atoms with van der Waals surface area (Å²) >= 11 is 0. The van der Waals surface area contributed by atoms with E-state index in [-0.39, 0.29) is 54.6 Å². The number of rotatable bonds is 9. The summed E-state index contributed by atoms with van der Waals surface area (Å²) in [5.74, 6) is -0.875. The number of carbonyl (C=O) groups is 3. The molecule has 11 heteroatoms. The molecule has 1 aliphatic heterocycles. The lowest BCUT2D eigenvalue weighted by atomic mass is 9.97. The van der Waals surface area contributed by atoms with E-state index >= 15 is 0 Å². The number of benzene rings is 1. The maximum absolute atomic E-state index is 12.9. The first-order chi connectivity index (χ1) is 16.3. The summed E-state index contributed by atoms with van der Waals surface area (Å²) in [5, 5.41) is 8.15. The van der Waals surface area contributed by atoms with Crippen molar-refractivity contribution in [1.29, 1.82) is 0 Å². The normalized spacial score (nSPS) is 14.9. The molecule has 182 valence electrons. The molecule has 0 atom stereocenters. The van der Waals surface area contributed by atoms with Gasteiger partial charge in [0.15, 0.2) is 0 Å². The molecule has 1 aromatic carbocycles. The minimum absolute atomic E-state index is 0.141. The van der Waals surface area contributed by atoms with Crippen molar-refractivity contribution in [1.82, 2.24) is 19.9 Å².